The van der Waals surface area contributed by atoms with Gasteiger partial charge in [-0.05, 0) is 68.1 Å². The number of benzene rings is 3. The molecule has 7 nitrogen and oxygen atoms in total. The molecular formula is C31H38FN3O4S. The number of anilines is 1. The average molecular weight is 568 g/mol. The predicted octanol–water partition coefficient (Wildman–Crippen LogP) is 5.36. The van der Waals surface area contributed by atoms with Crippen LogP contribution in [0.15, 0.2) is 77.7 Å². The maximum Gasteiger partial charge on any atom is 0.264 e. The lowest BCUT2D eigenvalue weighted by molar-refractivity contribution is -0.140. The number of hydrogen-bond donors (Lipinski definition) is 1. The minimum Gasteiger partial charge on any atom is -0.354 e. The highest BCUT2D eigenvalue weighted by atomic mass is 32.2. The molecule has 0 heterocycles. The lowest BCUT2D eigenvalue weighted by Gasteiger charge is -2.33. The summed E-state index contributed by atoms with van der Waals surface area (Å²) in [5, 5.41) is 2.90. The summed E-state index contributed by atoms with van der Waals surface area (Å²) in [6, 6.07) is 18.3. The molecule has 0 bridgehead atoms. The normalized spacial score (nSPS) is 12.0. The van der Waals surface area contributed by atoms with Crippen LogP contribution in [-0.2, 0) is 26.2 Å². The molecule has 0 saturated carbocycles. The summed E-state index contributed by atoms with van der Waals surface area (Å²) in [7, 11) is -4.13. The second-order valence-electron chi connectivity index (χ2n) is 9.83. The molecule has 0 aliphatic carbocycles. The van der Waals surface area contributed by atoms with E-state index in [0.717, 1.165) is 22.7 Å². The number of para-hydroxylation sites is 1. The van der Waals surface area contributed by atoms with E-state index >= 15 is 0 Å². The Balaban J connectivity index is 2.04. The zero-order valence-corrected chi connectivity index (χ0v) is 24.4. The summed E-state index contributed by atoms with van der Waals surface area (Å²) in [6.07, 6.45) is 2.02. The van der Waals surface area contributed by atoms with E-state index in [9.17, 15) is 22.4 Å². The van der Waals surface area contributed by atoms with Crippen LogP contribution in [-0.4, -0.2) is 44.3 Å². The third-order valence-electron chi connectivity index (χ3n) is 6.75. The summed E-state index contributed by atoms with van der Waals surface area (Å²) in [5.41, 5.74) is 2.58. The molecule has 3 aromatic carbocycles. The molecule has 2 amide bonds. The van der Waals surface area contributed by atoms with Crippen molar-refractivity contribution >= 4 is 27.5 Å². The van der Waals surface area contributed by atoms with Gasteiger partial charge in [0.25, 0.3) is 10.0 Å². The Hall–Kier alpha value is -3.72. The summed E-state index contributed by atoms with van der Waals surface area (Å²) in [5.74, 6) is -1.27. The van der Waals surface area contributed by atoms with Gasteiger partial charge in [0, 0.05) is 13.1 Å². The number of carbonyl (C=O) groups excluding carboxylic acids is 2. The highest BCUT2D eigenvalue weighted by Crippen LogP contribution is 2.27. The van der Waals surface area contributed by atoms with E-state index in [4.69, 9.17) is 0 Å². The largest absolute Gasteiger partial charge is 0.354 e. The van der Waals surface area contributed by atoms with Gasteiger partial charge >= 0.3 is 0 Å². The van der Waals surface area contributed by atoms with Crippen LogP contribution in [0.3, 0.4) is 0 Å². The standard InChI is InChI=1S/C31H38FN3O4S/c1-5-7-20-33-31(37)28(6-2)34(21-25-14-16-26(32)17-15-25)30(36)22-35(29-11-9-8-10-24(29)4)40(38,39)27-18-12-23(3)13-19-27/h8-19,28H,5-7,20-22H2,1-4H3,(H,33,37)/t28-/m0/s1. The monoisotopic (exact) mass is 567 g/mol. The summed E-state index contributed by atoms with van der Waals surface area (Å²) in [6.45, 7) is 7.44. The van der Waals surface area contributed by atoms with Gasteiger partial charge in [-0.2, -0.15) is 0 Å². The molecule has 0 aromatic heterocycles. The first-order chi connectivity index (χ1) is 19.1. The quantitative estimate of drug-likeness (QED) is 0.282. The van der Waals surface area contributed by atoms with Crippen LogP contribution in [0, 0.1) is 19.7 Å². The first-order valence-corrected chi connectivity index (χ1v) is 15.0. The second kappa shape index (κ2) is 14.1. The van der Waals surface area contributed by atoms with Gasteiger partial charge in [0.15, 0.2) is 0 Å². The molecule has 3 rings (SSSR count). The smallest absolute Gasteiger partial charge is 0.264 e. The van der Waals surface area contributed by atoms with Gasteiger partial charge < -0.3 is 10.2 Å². The number of amides is 2. The number of rotatable bonds is 13. The highest BCUT2D eigenvalue weighted by molar-refractivity contribution is 7.92. The van der Waals surface area contributed by atoms with Crippen molar-refractivity contribution in [3.05, 3.63) is 95.3 Å². The molecule has 0 unspecified atom stereocenters. The van der Waals surface area contributed by atoms with Crippen molar-refractivity contribution in [2.75, 3.05) is 17.4 Å². The Morgan fingerprint density at radius 3 is 2.17 bits per heavy atom. The molecule has 0 radical (unpaired) electrons. The highest BCUT2D eigenvalue weighted by Gasteiger charge is 2.34. The van der Waals surface area contributed by atoms with E-state index in [1.807, 2.05) is 13.8 Å². The number of carbonyl (C=O) groups is 2. The molecule has 0 fully saturated rings. The number of nitrogens with one attached hydrogen (secondary N) is 1. The van der Waals surface area contributed by atoms with Gasteiger partial charge in [0.1, 0.15) is 18.4 Å². The topological polar surface area (TPSA) is 86.8 Å². The van der Waals surface area contributed by atoms with E-state index in [1.54, 1.807) is 62.4 Å². The first-order valence-electron chi connectivity index (χ1n) is 13.5. The molecule has 1 N–H and O–H groups in total. The Morgan fingerprint density at radius 2 is 1.57 bits per heavy atom. The number of halogens is 1. The van der Waals surface area contributed by atoms with Gasteiger partial charge in [-0.15, -0.1) is 0 Å². The van der Waals surface area contributed by atoms with Crippen molar-refractivity contribution in [2.24, 2.45) is 0 Å². The molecule has 0 aliphatic heterocycles. The number of unbranched alkanes of at least 4 members (excludes halogenated alkanes) is 1. The van der Waals surface area contributed by atoms with Crippen LogP contribution < -0.4 is 9.62 Å². The molecule has 0 spiro atoms. The van der Waals surface area contributed by atoms with Gasteiger partial charge in [-0.3, -0.25) is 13.9 Å². The van der Waals surface area contributed by atoms with Crippen molar-refractivity contribution in [1.82, 2.24) is 10.2 Å². The number of nitrogens with zero attached hydrogens (tertiary/aromatic N) is 2. The van der Waals surface area contributed by atoms with E-state index in [-0.39, 0.29) is 17.3 Å². The molecule has 9 heteroatoms. The Kier molecular flexibility index (Phi) is 10.8. The predicted molar refractivity (Wildman–Crippen MR) is 156 cm³/mol. The number of sulfonamides is 1. The van der Waals surface area contributed by atoms with Crippen molar-refractivity contribution < 1.29 is 22.4 Å². The number of hydrogen-bond acceptors (Lipinski definition) is 4. The summed E-state index contributed by atoms with van der Waals surface area (Å²) >= 11 is 0. The zero-order valence-electron chi connectivity index (χ0n) is 23.6. The lowest BCUT2D eigenvalue weighted by Crippen LogP contribution is -2.52. The van der Waals surface area contributed by atoms with Crippen LogP contribution in [0.25, 0.3) is 0 Å². The van der Waals surface area contributed by atoms with Crippen LogP contribution in [0.4, 0.5) is 10.1 Å². The zero-order chi connectivity index (χ0) is 29.3. The van der Waals surface area contributed by atoms with E-state index in [0.29, 0.717) is 29.8 Å². The maximum absolute atomic E-state index is 14.0. The Bertz CT molecular complexity index is 1390. The molecule has 0 saturated heterocycles. The molecular weight excluding hydrogens is 529 g/mol. The second-order valence-corrected chi connectivity index (χ2v) is 11.7. The van der Waals surface area contributed by atoms with Gasteiger partial charge in [0.05, 0.1) is 10.6 Å². The van der Waals surface area contributed by atoms with Gasteiger partial charge in [-0.1, -0.05) is 68.3 Å². The van der Waals surface area contributed by atoms with Crippen LogP contribution in [0.5, 0.6) is 0 Å². The Morgan fingerprint density at radius 1 is 0.925 bits per heavy atom. The summed E-state index contributed by atoms with van der Waals surface area (Å²) in [4.78, 5) is 28.7. The lowest BCUT2D eigenvalue weighted by atomic mass is 10.1. The van der Waals surface area contributed by atoms with Crippen molar-refractivity contribution in [3.8, 4) is 0 Å². The third kappa shape index (κ3) is 7.69. The summed E-state index contributed by atoms with van der Waals surface area (Å²) < 4.78 is 42.6. The fourth-order valence-electron chi connectivity index (χ4n) is 4.41. The van der Waals surface area contributed by atoms with Gasteiger partial charge in [0.2, 0.25) is 11.8 Å². The fraction of sp³-hybridized carbons (Fsp3) is 0.355. The molecule has 3 aromatic rings. The molecule has 40 heavy (non-hydrogen) atoms. The van der Waals surface area contributed by atoms with E-state index in [1.165, 1.54) is 29.2 Å². The minimum atomic E-state index is -4.13. The third-order valence-corrected chi connectivity index (χ3v) is 8.53. The molecule has 0 aliphatic rings. The fourth-order valence-corrected chi connectivity index (χ4v) is 5.88. The van der Waals surface area contributed by atoms with Crippen molar-refractivity contribution in [3.63, 3.8) is 0 Å². The maximum atomic E-state index is 14.0. The van der Waals surface area contributed by atoms with Gasteiger partial charge in [-0.25, -0.2) is 12.8 Å². The van der Waals surface area contributed by atoms with Crippen LogP contribution >= 0.6 is 0 Å². The van der Waals surface area contributed by atoms with Crippen molar-refractivity contribution in [2.45, 2.75) is 64.4 Å². The Labute approximate surface area is 237 Å². The molecule has 214 valence electrons. The number of aryl methyl sites for hydroxylation is 2. The average Bonchev–Trinajstić information content (AvgIpc) is 2.93. The van der Waals surface area contributed by atoms with E-state index < -0.39 is 34.3 Å². The van der Waals surface area contributed by atoms with Crippen LogP contribution in [0.1, 0.15) is 49.8 Å². The first kappa shape index (κ1) is 30.8. The molecule has 1 atom stereocenters. The van der Waals surface area contributed by atoms with Crippen molar-refractivity contribution in [1.29, 1.82) is 0 Å². The minimum absolute atomic E-state index is 0.0189. The van der Waals surface area contributed by atoms with Crippen LogP contribution in [0.2, 0.25) is 0 Å². The van der Waals surface area contributed by atoms with E-state index in [2.05, 4.69) is 5.32 Å². The SMILES string of the molecule is CCCCNC(=O)[C@H](CC)N(Cc1ccc(F)cc1)C(=O)CN(c1ccccc1C)S(=O)(=O)c1ccc(C)cc1.